The molecule has 7 nitrogen and oxygen atoms in total. The molecule has 0 aliphatic heterocycles. The van der Waals surface area contributed by atoms with E-state index in [0.717, 1.165) is 5.56 Å². The first-order valence-electron chi connectivity index (χ1n) is 10.1. The molecular weight excluding hydrogens is 430 g/mol. The maximum atomic E-state index is 13.5. The molecule has 0 radical (unpaired) electrons. The molecule has 0 amide bonds. The number of carbonyl (C=O) groups is 2. The van der Waals surface area contributed by atoms with E-state index in [1.165, 1.54) is 10.6 Å². The predicted molar refractivity (Wildman–Crippen MR) is 123 cm³/mol. The van der Waals surface area contributed by atoms with Crippen molar-refractivity contribution in [3.05, 3.63) is 87.1 Å². The number of carboxylic acids is 1. The highest BCUT2D eigenvalue weighted by molar-refractivity contribution is 6.31. The first kappa shape index (κ1) is 21.5. The van der Waals surface area contributed by atoms with E-state index >= 15 is 0 Å². The number of nitrogens with zero attached hydrogens (tertiary/aromatic N) is 2. The molecule has 4 aromatic rings. The molecule has 0 fully saturated rings. The van der Waals surface area contributed by atoms with E-state index in [4.69, 9.17) is 11.6 Å². The van der Waals surface area contributed by atoms with Crippen molar-refractivity contribution in [2.45, 2.75) is 26.3 Å². The fourth-order valence-corrected chi connectivity index (χ4v) is 4.00. The van der Waals surface area contributed by atoms with Gasteiger partial charge < -0.3 is 5.11 Å². The van der Waals surface area contributed by atoms with Crippen LogP contribution in [0.4, 0.5) is 0 Å². The van der Waals surface area contributed by atoms with Gasteiger partial charge in [0.25, 0.3) is 5.56 Å². The average Bonchev–Trinajstić information content (AvgIpc) is 3.25. The Balaban J connectivity index is 2.07. The van der Waals surface area contributed by atoms with Crippen molar-refractivity contribution in [3.63, 3.8) is 0 Å². The molecule has 2 aromatic carbocycles. The van der Waals surface area contributed by atoms with E-state index in [0.29, 0.717) is 33.5 Å². The number of Topliss-reactive ketones (excluding diaryl/α,β-unsaturated/α-hetero) is 1. The summed E-state index contributed by atoms with van der Waals surface area (Å²) in [5.74, 6) is -1.36. The molecule has 32 heavy (non-hydrogen) atoms. The van der Waals surface area contributed by atoms with Gasteiger partial charge in [-0.25, -0.2) is 4.79 Å². The summed E-state index contributed by atoms with van der Waals surface area (Å²) in [6.07, 6.45) is 0.872. The van der Waals surface area contributed by atoms with Gasteiger partial charge in [0, 0.05) is 22.4 Å². The van der Waals surface area contributed by atoms with Crippen LogP contribution >= 0.6 is 11.6 Å². The molecule has 0 atom stereocenters. The van der Waals surface area contributed by atoms with Crippen molar-refractivity contribution in [2.24, 2.45) is 0 Å². The molecule has 0 aliphatic rings. The minimum absolute atomic E-state index is 0.0255. The summed E-state index contributed by atoms with van der Waals surface area (Å²) in [6.45, 7) is 1.87. The second-order valence-corrected chi connectivity index (χ2v) is 7.86. The van der Waals surface area contributed by atoms with Gasteiger partial charge in [0.1, 0.15) is 0 Å². The molecule has 2 aromatic heterocycles. The number of carboxylic acid groups (broad SMARTS) is 1. The summed E-state index contributed by atoms with van der Waals surface area (Å²) >= 11 is 6.26. The molecule has 8 heteroatoms. The Labute approximate surface area is 188 Å². The number of H-pyrrole nitrogens is 1. The van der Waals surface area contributed by atoms with Crippen LogP contribution in [-0.2, 0) is 6.54 Å². The van der Waals surface area contributed by atoms with Crippen LogP contribution in [0, 0.1) is 0 Å². The first-order valence-corrected chi connectivity index (χ1v) is 10.5. The van der Waals surface area contributed by atoms with Gasteiger partial charge >= 0.3 is 5.97 Å². The lowest BCUT2D eigenvalue weighted by molar-refractivity contribution is 0.0690. The highest BCUT2D eigenvalue weighted by Crippen LogP contribution is 2.33. The zero-order chi connectivity index (χ0) is 22.8. The normalized spacial score (nSPS) is 11.1. The van der Waals surface area contributed by atoms with Crippen LogP contribution in [0.1, 0.15) is 46.4 Å². The SMILES string of the molecule is CCCC(=O)c1c(-c2ccccc2)c2cc(Cl)ccc2c(=O)n1Cc1cc(C(=O)O)n[nH]1. The third-order valence-electron chi connectivity index (χ3n) is 5.22. The molecule has 0 saturated carbocycles. The number of benzene rings is 2. The monoisotopic (exact) mass is 449 g/mol. The van der Waals surface area contributed by atoms with Crippen LogP contribution in [0.25, 0.3) is 21.9 Å². The largest absolute Gasteiger partial charge is 0.476 e. The fraction of sp³-hybridized carbons (Fsp3) is 0.167. The van der Waals surface area contributed by atoms with Gasteiger partial charge in [0.2, 0.25) is 0 Å². The van der Waals surface area contributed by atoms with Crippen molar-refractivity contribution in [1.29, 1.82) is 0 Å². The van der Waals surface area contributed by atoms with Crippen LogP contribution in [0.5, 0.6) is 0 Å². The molecular formula is C24H20ClN3O4. The Bertz CT molecular complexity index is 1390. The Hall–Kier alpha value is -3.71. The highest BCUT2D eigenvalue weighted by Gasteiger charge is 2.24. The highest BCUT2D eigenvalue weighted by atomic mass is 35.5. The molecule has 2 heterocycles. The van der Waals surface area contributed by atoms with Crippen molar-refractivity contribution in [1.82, 2.24) is 14.8 Å². The van der Waals surface area contributed by atoms with Gasteiger partial charge in [-0.2, -0.15) is 5.10 Å². The van der Waals surface area contributed by atoms with Gasteiger partial charge in [-0.1, -0.05) is 48.9 Å². The summed E-state index contributed by atoms with van der Waals surface area (Å²) < 4.78 is 1.40. The Morgan fingerprint density at radius 2 is 1.84 bits per heavy atom. The number of hydrogen-bond donors (Lipinski definition) is 2. The van der Waals surface area contributed by atoms with Crippen molar-refractivity contribution >= 4 is 34.1 Å². The summed E-state index contributed by atoms with van der Waals surface area (Å²) in [5.41, 5.74) is 1.56. The minimum atomic E-state index is -1.18. The summed E-state index contributed by atoms with van der Waals surface area (Å²) in [5, 5.41) is 17.1. The maximum Gasteiger partial charge on any atom is 0.356 e. The number of halogens is 1. The van der Waals surface area contributed by atoms with Crippen LogP contribution < -0.4 is 5.56 Å². The number of aromatic carboxylic acids is 1. The summed E-state index contributed by atoms with van der Waals surface area (Å²) in [6, 6.07) is 15.7. The number of aromatic amines is 1. The van der Waals surface area contributed by atoms with Gasteiger partial charge in [0.15, 0.2) is 11.5 Å². The standard InChI is InChI=1S/C24H20ClN3O4/c1-2-6-20(29)22-21(14-7-4-3-5-8-14)18-11-15(25)9-10-17(18)23(30)28(22)13-16-12-19(24(31)32)27-26-16/h3-5,7-12H,2,6,13H2,1H3,(H,26,27)(H,31,32). The minimum Gasteiger partial charge on any atom is -0.476 e. The lowest BCUT2D eigenvalue weighted by Gasteiger charge is -2.19. The average molecular weight is 450 g/mol. The molecule has 0 saturated heterocycles. The number of rotatable bonds is 7. The quantitative estimate of drug-likeness (QED) is 0.395. The number of ketones is 1. The lowest BCUT2D eigenvalue weighted by atomic mass is 9.94. The van der Waals surface area contributed by atoms with Crippen LogP contribution in [0.2, 0.25) is 5.02 Å². The smallest absolute Gasteiger partial charge is 0.356 e. The van der Waals surface area contributed by atoms with E-state index in [1.54, 1.807) is 18.2 Å². The van der Waals surface area contributed by atoms with Gasteiger partial charge in [-0.05, 0) is 41.6 Å². The number of nitrogens with one attached hydrogen (secondary N) is 1. The number of hydrogen-bond acceptors (Lipinski definition) is 4. The van der Waals surface area contributed by atoms with E-state index in [1.807, 2.05) is 37.3 Å². The van der Waals surface area contributed by atoms with Crippen LogP contribution in [0.3, 0.4) is 0 Å². The second kappa shape index (κ2) is 8.80. The zero-order valence-electron chi connectivity index (χ0n) is 17.3. The van der Waals surface area contributed by atoms with Crippen LogP contribution in [0.15, 0.2) is 59.4 Å². The van der Waals surface area contributed by atoms with Crippen molar-refractivity contribution in [3.8, 4) is 11.1 Å². The van der Waals surface area contributed by atoms with Gasteiger partial charge in [-0.3, -0.25) is 19.3 Å². The Kier molecular flexibility index (Phi) is 5.92. The lowest BCUT2D eigenvalue weighted by Crippen LogP contribution is -2.28. The molecule has 0 unspecified atom stereocenters. The second-order valence-electron chi connectivity index (χ2n) is 7.43. The Morgan fingerprint density at radius 3 is 2.50 bits per heavy atom. The molecule has 162 valence electrons. The molecule has 0 spiro atoms. The van der Waals surface area contributed by atoms with Crippen molar-refractivity contribution in [2.75, 3.05) is 0 Å². The van der Waals surface area contributed by atoms with Gasteiger partial charge in [0.05, 0.1) is 17.9 Å². The topological polar surface area (TPSA) is 105 Å². The van der Waals surface area contributed by atoms with Crippen molar-refractivity contribution < 1.29 is 14.7 Å². The predicted octanol–water partition coefficient (Wildman–Crippen LogP) is 4.77. The van der Waals surface area contributed by atoms with Crippen LogP contribution in [-0.4, -0.2) is 31.6 Å². The molecule has 0 bridgehead atoms. The first-order chi connectivity index (χ1) is 15.4. The molecule has 2 N–H and O–H groups in total. The number of aromatic nitrogens is 3. The van der Waals surface area contributed by atoms with E-state index in [9.17, 15) is 19.5 Å². The fourth-order valence-electron chi connectivity index (χ4n) is 3.83. The number of pyridine rings is 1. The third kappa shape index (κ3) is 3.94. The van der Waals surface area contributed by atoms with E-state index in [-0.39, 0.29) is 35.7 Å². The Morgan fingerprint density at radius 1 is 1.09 bits per heavy atom. The van der Waals surface area contributed by atoms with E-state index < -0.39 is 5.97 Å². The summed E-state index contributed by atoms with van der Waals surface area (Å²) in [7, 11) is 0. The number of fused-ring (bicyclic) bond motifs is 1. The molecule has 4 rings (SSSR count). The van der Waals surface area contributed by atoms with Gasteiger partial charge in [-0.15, -0.1) is 0 Å². The third-order valence-corrected chi connectivity index (χ3v) is 5.45. The molecule has 0 aliphatic carbocycles. The van der Waals surface area contributed by atoms with E-state index in [2.05, 4.69) is 10.2 Å². The number of carbonyl (C=O) groups excluding carboxylic acids is 1. The zero-order valence-corrected chi connectivity index (χ0v) is 18.0. The maximum absolute atomic E-state index is 13.5. The summed E-state index contributed by atoms with van der Waals surface area (Å²) in [4.78, 5) is 38.1.